The van der Waals surface area contributed by atoms with Gasteiger partial charge in [-0.1, -0.05) is 51.8 Å². The molecule has 1 aliphatic heterocycles. The van der Waals surface area contributed by atoms with Crippen LogP contribution in [0.5, 0.6) is 0 Å². The largest absolute Gasteiger partial charge is 0.372 e. The molecule has 0 aliphatic carbocycles. The van der Waals surface area contributed by atoms with Gasteiger partial charge in [0.05, 0.1) is 18.0 Å². The van der Waals surface area contributed by atoms with E-state index in [1.54, 1.807) is 0 Å². The van der Waals surface area contributed by atoms with Gasteiger partial charge in [0.2, 0.25) is 0 Å². The minimum absolute atomic E-state index is 0.164. The van der Waals surface area contributed by atoms with Crippen LogP contribution < -0.4 is 0 Å². The number of fused-ring (bicyclic) bond motifs is 1. The highest BCUT2D eigenvalue weighted by molar-refractivity contribution is 9.09. The summed E-state index contributed by atoms with van der Waals surface area (Å²) in [4.78, 5) is 0.164. The first-order valence-corrected chi connectivity index (χ1v) is 7.54. The van der Waals surface area contributed by atoms with Crippen LogP contribution in [0.1, 0.15) is 32.6 Å². The summed E-state index contributed by atoms with van der Waals surface area (Å²) in [5.74, 6) is 0. The Kier molecular flexibility index (Phi) is 3.66. The zero-order valence-corrected chi connectivity index (χ0v) is 13.0. The fourth-order valence-electron chi connectivity index (χ4n) is 2.41. The van der Waals surface area contributed by atoms with E-state index in [4.69, 9.17) is 16.3 Å². The van der Waals surface area contributed by atoms with Gasteiger partial charge in [-0.3, -0.25) is 0 Å². The van der Waals surface area contributed by atoms with Gasteiger partial charge >= 0.3 is 0 Å². The lowest BCUT2D eigenvalue weighted by Crippen LogP contribution is -1.97. The van der Waals surface area contributed by atoms with Crippen molar-refractivity contribution in [2.45, 2.75) is 25.0 Å². The summed E-state index contributed by atoms with van der Waals surface area (Å²) in [7, 11) is 0. The second kappa shape index (κ2) is 5.28. The maximum absolute atomic E-state index is 6.10. The third-order valence-corrected chi connectivity index (χ3v) is 4.81. The van der Waals surface area contributed by atoms with Crippen LogP contribution in [0.15, 0.2) is 36.4 Å². The molecular formula is C16H14BrClO. The Morgan fingerprint density at radius 2 is 1.89 bits per heavy atom. The zero-order valence-electron chi connectivity index (χ0n) is 10.6. The second-order valence-corrected chi connectivity index (χ2v) is 6.24. The molecule has 0 spiro atoms. The van der Waals surface area contributed by atoms with Crippen molar-refractivity contribution in [1.82, 2.24) is 0 Å². The Bertz CT molecular complexity index is 624. The van der Waals surface area contributed by atoms with Gasteiger partial charge in [0.25, 0.3) is 0 Å². The maximum atomic E-state index is 6.10. The van der Waals surface area contributed by atoms with E-state index in [1.807, 2.05) is 12.1 Å². The quantitative estimate of drug-likeness (QED) is 0.688. The van der Waals surface area contributed by atoms with E-state index in [0.29, 0.717) is 0 Å². The number of rotatable bonds is 2. The summed E-state index contributed by atoms with van der Waals surface area (Å²) in [6.45, 7) is 3.56. The molecule has 0 amide bonds. The molecule has 0 saturated carbocycles. The number of ether oxygens (including phenoxy) is 1. The van der Waals surface area contributed by atoms with Crippen molar-refractivity contribution in [3.63, 3.8) is 0 Å². The van der Waals surface area contributed by atoms with E-state index in [-0.39, 0.29) is 4.83 Å². The van der Waals surface area contributed by atoms with Crippen molar-refractivity contribution in [1.29, 1.82) is 0 Å². The first-order chi connectivity index (χ1) is 9.15. The molecule has 1 atom stereocenters. The van der Waals surface area contributed by atoms with Crippen LogP contribution in [-0.2, 0) is 18.0 Å². The summed E-state index contributed by atoms with van der Waals surface area (Å²) in [5.41, 5.74) is 6.29. The number of hydrogen-bond donors (Lipinski definition) is 0. The van der Waals surface area contributed by atoms with E-state index < -0.39 is 0 Å². The predicted molar refractivity (Wildman–Crippen MR) is 81.9 cm³/mol. The van der Waals surface area contributed by atoms with E-state index in [2.05, 4.69) is 47.1 Å². The van der Waals surface area contributed by atoms with Crippen LogP contribution in [-0.4, -0.2) is 0 Å². The number of halogens is 2. The van der Waals surface area contributed by atoms with Gasteiger partial charge in [-0.2, -0.15) is 0 Å². The van der Waals surface area contributed by atoms with Crippen LogP contribution in [0.25, 0.3) is 0 Å². The van der Waals surface area contributed by atoms with Crippen molar-refractivity contribution in [3.05, 3.63) is 69.2 Å². The third kappa shape index (κ3) is 2.58. The second-order valence-electron chi connectivity index (χ2n) is 4.88. The Morgan fingerprint density at radius 1 is 1.11 bits per heavy atom. The molecule has 3 rings (SSSR count). The van der Waals surface area contributed by atoms with Crippen LogP contribution in [0.2, 0.25) is 5.02 Å². The molecule has 2 aromatic carbocycles. The van der Waals surface area contributed by atoms with E-state index >= 15 is 0 Å². The predicted octanol–water partition coefficient (Wildman–Crippen LogP) is 5.16. The van der Waals surface area contributed by atoms with E-state index in [9.17, 15) is 0 Å². The summed E-state index contributed by atoms with van der Waals surface area (Å²) >= 11 is 9.89. The van der Waals surface area contributed by atoms with Gasteiger partial charge < -0.3 is 4.74 Å². The van der Waals surface area contributed by atoms with Gasteiger partial charge in [0.1, 0.15) is 0 Å². The van der Waals surface area contributed by atoms with Gasteiger partial charge in [0, 0.05) is 5.02 Å². The normalized spacial score (nSPS) is 15.3. The molecule has 3 heteroatoms. The van der Waals surface area contributed by atoms with Crippen LogP contribution >= 0.6 is 27.5 Å². The molecule has 1 nitrogen and oxygen atoms in total. The molecule has 98 valence electrons. The highest BCUT2D eigenvalue weighted by atomic mass is 79.9. The minimum Gasteiger partial charge on any atom is -0.372 e. The minimum atomic E-state index is 0.164. The van der Waals surface area contributed by atoms with Gasteiger partial charge in [-0.05, 0) is 46.9 Å². The monoisotopic (exact) mass is 336 g/mol. The number of aryl methyl sites for hydroxylation is 1. The third-order valence-electron chi connectivity index (χ3n) is 3.55. The van der Waals surface area contributed by atoms with Gasteiger partial charge in [-0.15, -0.1) is 0 Å². The Morgan fingerprint density at radius 3 is 2.74 bits per heavy atom. The Hall–Kier alpha value is -0.830. The molecular weight excluding hydrogens is 324 g/mol. The molecule has 1 aliphatic rings. The highest BCUT2D eigenvalue weighted by Crippen LogP contribution is 2.36. The summed E-state index contributed by atoms with van der Waals surface area (Å²) in [6, 6.07) is 12.6. The molecule has 0 radical (unpaired) electrons. The van der Waals surface area contributed by atoms with Crippen molar-refractivity contribution in [2.24, 2.45) is 0 Å². The summed E-state index contributed by atoms with van der Waals surface area (Å²) in [5, 5.41) is 0.773. The van der Waals surface area contributed by atoms with Gasteiger partial charge in [-0.25, -0.2) is 0 Å². The van der Waals surface area contributed by atoms with Crippen LogP contribution in [0.3, 0.4) is 0 Å². The van der Waals surface area contributed by atoms with Crippen LogP contribution in [0, 0.1) is 6.92 Å². The van der Waals surface area contributed by atoms with Gasteiger partial charge in [0.15, 0.2) is 0 Å². The standard InChI is InChI=1S/C16H14BrClO/c1-10-2-5-14(18)7-15(10)16(17)11-3-4-12-8-19-9-13(12)6-11/h2-7,16H,8-9H2,1H3. The van der Waals surface area contributed by atoms with Crippen molar-refractivity contribution < 1.29 is 4.74 Å². The Labute approximate surface area is 126 Å². The van der Waals surface area contributed by atoms with Crippen molar-refractivity contribution in [3.8, 4) is 0 Å². The number of benzene rings is 2. The average Bonchev–Trinajstić information content (AvgIpc) is 2.88. The smallest absolute Gasteiger partial charge is 0.0725 e. The lowest BCUT2D eigenvalue weighted by molar-refractivity contribution is 0.134. The lowest BCUT2D eigenvalue weighted by atomic mass is 9.98. The first kappa shape index (κ1) is 13.2. The fourth-order valence-corrected chi connectivity index (χ4v) is 3.37. The van der Waals surface area contributed by atoms with Crippen LogP contribution in [0.4, 0.5) is 0 Å². The topological polar surface area (TPSA) is 9.23 Å². The molecule has 0 N–H and O–H groups in total. The van der Waals surface area contributed by atoms with E-state index in [1.165, 1.54) is 27.8 Å². The molecule has 2 aromatic rings. The lowest BCUT2D eigenvalue weighted by Gasteiger charge is -2.15. The summed E-state index contributed by atoms with van der Waals surface area (Å²) in [6.07, 6.45) is 0. The fraction of sp³-hybridized carbons (Fsp3) is 0.250. The molecule has 19 heavy (non-hydrogen) atoms. The SMILES string of the molecule is Cc1ccc(Cl)cc1C(Br)c1ccc2c(c1)COC2. The molecule has 0 saturated heterocycles. The number of alkyl halides is 1. The Balaban J connectivity index is 1.99. The van der Waals surface area contributed by atoms with Crippen molar-refractivity contribution >= 4 is 27.5 Å². The zero-order chi connectivity index (χ0) is 13.4. The van der Waals surface area contributed by atoms with Crippen molar-refractivity contribution in [2.75, 3.05) is 0 Å². The first-order valence-electron chi connectivity index (χ1n) is 6.25. The molecule has 1 heterocycles. The summed E-state index contributed by atoms with van der Waals surface area (Å²) < 4.78 is 5.46. The molecule has 0 aromatic heterocycles. The molecule has 1 unspecified atom stereocenters. The number of hydrogen-bond acceptors (Lipinski definition) is 1. The molecule has 0 fully saturated rings. The maximum Gasteiger partial charge on any atom is 0.0725 e. The molecule has 0 bridgehead atoms. The highest BCUT2D eigenvalue weighted by Gasteiger charge is 2.17. The van der Waals surface area contributed by atoms with E-state index in [0.717, 1.165) is 18.2 Å². The average molecular weight is 338 g/mol.